The summed E-state index contributed by atoms with van der Waals surface area (Å²) in [4.78, 5) is 14.7. The van der Waals surface area contributed by atoms with Crippen molar-refractivity contribution in [2.45, 2.75) is 6.54 Å². The number of nitro benzene ring substituents is 1. The minimum absolute atomic E-state index is 0.0233. The van der Waals surface area contributed by atoms with Crippen LogP contribution in [0.3, 0.4) is 0 Å². The van der Waals surface area contributed by atoms with Gasteiger partial charge < -0.3 is 9.30 Å². The standard InChI is InChI=1S/C11H9I2N3O3/c1-19-9-3-2-7(4-8(9)16(17)18)5-15-6-14-10(12)11(15)13/h2-4,6H,5H2,1H3. The molecule has 0 aliphatic heterocycles. The second-order valence-corrected chi connectivity index (χ2v) is 5.76. The third-order valence-corrected chi connectivity index (χ3v) is 5.48. The first-order valence-corrected chi connectivity index (χ1v) is 7.36. The number of benzene rings is 1. The molecule has 2 rings (SSSR count). The average molecular weight is 485 g/mol. The Balaban J connectivity index is 2.34. The minimum Gasteiger partial charge on any atom is -0.490 e. The fraction of sp³-hybridized carbons (Fsp3) is 0.182. The predicted octanol–water partition coefficient (Wildman–Crippen LogP) is 3.06. The predicted molar refractivity (Wildman–Crippen MR) is 86.4 cm³/mol. The van der Waals surface area contributed by atoms with Crippen molar-refractivity contribution in [1.82, 2.24) is 9.55 Å². The van der Waals surface area contributed by atoms with Gasteiger partial charge >= 0.3 is 5.69 Å². The normalized spacial score (nSPS) is 10.5. The number of hydrogen-bond donors (Lipinski definition) is 0. The Kier molecular flexibility index (Phi) is 4.60. The van der Waals surface area contributed by atoms with Gasteiger partial charge in [-0.2, -0.15) is 0 Å². The maximum Gasteiger partial charge on any atom is 0.311 e. The van der Waals surface area contributed by atoms with Gasteiger partial charge in [0.25, 0.3) is 0 Å². The van der Waals surface area contributed by atoms with Crippen molar-refractivity contribution in [2.24, 2.45) is 0 Å². The molecule has 0 N–H and O–H groups in total. The lowest BCUT2D eigenvalue weighted by atomic mass is 10.2. The van der Waals surface area contributed by atoms with Gasteiger partial charge in [0.05, 0.1) is 18.4 Å². The first-order valence-electron chi connectivity index (χ1n) is 5.20. The molecule has 8 heteroatoms. The van der Waals surface area contributed by atoms with Crippen LogP contribution >= 0.6 is 45.2 Å². The van der Waals surface area contributed by atoms with Gasteiger partial charge in [0, 0.05) is 12.6 Å². The molecule has 0 unspecified atom stereocenters. The van der Waals surface area contributed by atoms with Crippen molar-refractivity contribution in [3.8, 4) is 5.75 Å². The maximum absolute atomic E-state index is 11.0. The van der Waals surface area contributed by atoms with Gasteiger partial charge in [-0.25, -0.2) is 4.98 Å². The molecule has 1 aromatic heterocycles. The van der Waals surface area contributed by atoms with E-state index in [1.54, 1.807) is 12.4 Å². The van der Waals surface area contributed by atoms with Crippen LogP contribution in [0, 0.1) is 17.5 Å². The monoisotopic (exact) mass is 485 g/mol. The van der Waals surface area contributed by atoms with Gasteiger partial charge in [0.2, 0.25) is 0 Å². The Morgan fingerprint density at radius 1 is 1.47 bits per heavy atom. The van der Waals surface area contributed by atoms with Crippen LogP contribution in [0.15, 0.2) is 24.5 Å². The average Bonchev–Trinajstić information content (AvgIpc) is 2.70. The Hall–Kier alpha value is -0.910. The van der Waals surface area contributed by atoms with E-state index in [9.17, 15) is 10.1 Å². The van der Waals surface area contributed by atoms with E-state index in [0.29, 0.717) is 6.54 Å². The molecule has 0 atom stereocenters. The number of nitro groups is 1. The summed E-state index contributed by atoms with van der Waals surface area (Å²) in [5.74, 6) is 0.267. The molecule has 0 bridgehead atoms. The number of imidazole rings is 1. The lowest BCUT2D eigenvalue weighted by Gasteiger charge is -2.06. The molecule has 2 aromatic rings. The molecule has 6 nitrogen and oxygen atoms in total. The second kappa shape index (κ2) is 6.03. The first kappa shape index (κ1) is 14.5. The van der Waals surface area contributed by atoms with E-state index in [2.05, 4.69) is 50.2 Å². The van der Waals surface area contributed by atoms with Crippen LogP contribution in [0.1, 0.15) is 5.56 Å². The molecule has 0 amide bonds. The van der Waals surface area contributed by atoms with E-state index < -0.39 is 4.92 Å². The third kappa shape index (κ3) is 3.16. The van der Waals surface area contributed by atoms with Crippen LogP contribution in [-0.2, 0) is 6.54 Å². The number of nitrogens with zero attached hydrogens (tertiary/aromatic N) is 3. The van der Waals surface area contributed by atoms with Gasteiger partial charge in [-0.15, -0.1) is 0 Å². The maximum atomic E-state index is 11.0. The zero-order valence-corrected chi connectivity index (χ0v) is 14.2. The van der Waals surface area contributed by atoms with Gasteiger partial charge in [-0.3, -0.25) is 10.1 Å². The summed E-state index contributed by atoms with van der Waals surface area (Å²) in [6.07, 6.45) is 1.72. The number of halogens is 2. The first-order chi connectivity index (χ1) is 9.02. The molecule has 0 aliphatic carbocycles. The summed E-state index contributed by atoms with van der Waals surface area (Å²) in [7, 11) is 1.42. The highest BCUT2D eigenvalue weighted by atomic mass is 127. The van der Waals surface area contributed by atoms with Crippen molar-refractivity contribution in [1.29, 1.82) is 0 Å². The topological polar surface area (TPSA) is 70.2 Å². The highest BCUT2D eigenvalue weighted by molar-refractivity contribution is 14.1. The van der Waals surface area contributed by atoms with Crippen LogP contribution in [0.2, 0.25) is 0 Å². The number of aromatic nitrogens is 2. The van der Waals surface area contributed by atoms with Crippen molar-refractivity contribution >= 4 is 50.9 Å². The third-order valence-electron chi connectivity index (χ3n) is 2.53. The Labute approximate surface area is 136 Å². The lowest BCUT2D eigenvalue weighted by Crippen LogP contribution is -2.02. The van der Waals surface area contributed by atoms with Crippen LogP contribution in [0.25, 0.3) is 0 Å². The summed E-state index contributed by atoms with van der Waals surface area (Å²) in [5.41, 5.74) is 0.809. The smallest absolute Gasteiger partial charge is 0.311 e. The highest BCUT2D eigenvalue weighted by Gasteiger charge is 2.15. The van der Waals surface area contributed by atoms with E-state index in [1.165, 1.54) is 13.2 Å². The summed E-state index contributed by atoms with van der Waals surface area (Å²) in [6, 6.07) is 4.96. The van der Waals surface area contributed by atoms with Crippen molar-refractivity contribution in [2.75, 3.05) is 7.11 Å². The zero-order chi connectivity index (χ0) is 14.0. The van der Waals surface area contributed by atoms with Gasteiger partial charge in [-0.1, -0.05) is 6.07 Å². The fourth-order valence-corrected chi connectivity index (χ4v) is 2.50. The Morgan fingerprint density at radius 2 is 2.21 bits per heavy atom. The second-order valence-electron chi connectivity index (χ2n) is 3.72. The molecule has 0 radical (unpaired) electrons. The summed E-state index contributed by atoms with van der Waals surface area (Å²) in [5, 5.41) is 11.0. The van der Waals surface area contributed by atoms with Gasteiger partial charge in [0.15, 0.2) is 5.75 Å². The van der Waals surface area contributed by atoms with Crippen molar-refractivity contribution in [3.05, 3.63) is 47.6 Å². The summed E-state index contributed by atoms with van der Waals surface area (Å²) in [6.45, 7) is 0.541. The number of hydrogen-bond acceptors (Lipinski definition) is 4. The van der Waals surface area contributed by atoms with Crippen LogP contribution < -0.4 is 4.74 Å². The molecular weight excluding hydrogens is 476 g/mol. The highest BCUT2D eigenvalue weighted by Crippen LogP contribution is 2.28. The summed E-state index contributed by atoms with van der Waals surface area (Å²) >= 11 is 4.35. The molecule has 0 saturated carbocycles. The van der Waals surface area contributed by atoms with E-state index in [0.717, 1.165) is 13.0 Å². The van der Waals surface area contributed by atoms with Crippen molar-refractivity contribution < 1.29 is 9.66 Å². The molecule has 1 heterocycles. The lowest BCUT2D eigenvalue weighted by molar-refractivity contribution is -0.385. The SMILES string of the molecule is COc1ccc(Cn2cnc(I)c2I)cc1[N+](=O)[O-]. The zero-order valence-electron chi connectivity index (χ0n) is 9.84. The largest absolute Gasteiger partial charge is 0.490 e. The molecule has 100 valence electrons. The minimum atomic E-state index is -0.440. The van der Waals surface area contributed by atoms with Crippen LogP contribution in [0.5, 0.6) is 5.75 Å². The molecule has 19 heavy (non-hydrogen) atoms. The number of ether oxygens (including phenoxy) is 1. The molecule has 0 saturated heterocycles. The van der Waals surface area contributed by atoms with Crippen molar-refractivity contribution in [3.63, 3.8) is 0 Å². The van der Waals surface area contributed by atoms with E-state index in [4.69, 9.17) is 4.74 Å². The Bertz CT molecular complexity index is 628. The van der Waals surface area contributed by atoms with E-state index >= 15 is 0 Å². The quantitative estimate of drug-likeness (QED) is 0.380. The number of methoxy groups -OCH3 is 1. The summed E-state index contributed by atoms with van der Waals surface area (Å²) < 4.78 is 8.84. The molecule has 0 spiro atoms. The van der Waals surface area contributed by atoms with Gasteiger partial charge in [0.1, 0.15) is 7.40 Å². The van der Waals surface area contributed by atoms with Crippen LogP contribution in [0.4, 0.5) is 5.69 Å². The Morgan fingerprint density at radius 3 is 2.74 bits per heavy atom. The molecular formula is C11H9I2N3O3. The van der Waals surface area contributed by atoms with E-state index in [-0.39, 0.29) is 11.4 Å². The van der Waals surface area contributed by atoms with E-state index in [1.807, 2.05) is 10.6 Å². The molecule has 1 aromatic carbocycles. The molecule has 0 aliphatic rings. The fourth-order valence-electron chi connectivity index (χ4n) is 1.63. The van der Waals surface area contributed by atoms with Gasteiger partial charge in [-0.05, 0) is 56.8 Å². The number of rotatable bonds is 4. The van der Waals surface area contributed by atoms with Crippen LogP contribution in [-0.4, -0.2) is 21.6 Å². The molecule has 0 fully saturated rings.